The van der Waals surface area contributed by atoms with E-state index < -0.39 is 0 Å². The fraction of sp³-hybridized carbons (Fsp3) is 0.417. The van der Waals surface area contributed by atoms with Crippen LogP contribution in [0.25, 0.3) is 0 Å². The number of nitrogens with zero attached hydrogens (tertiary/aromatic N) is 3. The molecule has 0 aromatic carbocycles. The van der Waals surface area contributed by atoms with E-state index in [0.717, 1.165) is 16.4 Å². The Morgan fingerprint density at radius 1 is 1.60 bits per heavy atom. The van der Waals surface area contributed by atoms with Gasteiger partial charge < -0.3 is 15.6 Å². The molecule has 20 heavy (non-hydrogen) atoms. The minimum atomic E-state index is -0.349. The molecule has 2 heterocycles. The second-order valence-corrected chi connectivity index (χ2v) is 5.49. The quantitative estimate of drug-likeness (QED) is 0.841. The number of nitrogens with one attached hydrogen (secondary N) is 1. The first-order valence-electron chi connectivity index (χ1n) is 5.95. The molecule has 0 aliphatic carbocycles. The van der Waals surface area contributed by atoms with Crippen LogP contribution in [-0.2, 0) is 18.4 Å². The van der Waals surface area contributed by atoms with Crippen molar-refractivity contribution in [3.8, 4) is 0 Å². The van der Waals surface area contributed by atoms with Crippen LogP contribution in [-0.4, -0.2) is 20.4 Å². The Balaban J connectivity index is 0.00000200. The van der Waals surface area contributed by atoms with Gasteiger partial charge in [-0.25, -0.2) is 9.97 Å². The Morgan fingerprint density at radius 3 is 2.85 bits per heavy atom. The molecule has 2 rings (SSSR count). The minimum Gasteiger partial charge on any atom is -0.370 e. The smallest absolute Gasteiger partial charge is 0.219 e. The van der Waals surface area contributed by atoms with E-state index in [9.17, 15) is 4.79 Å². The van der Waals surface area contributed by atoms with Gasteiger partial charge in [0.2, 0.25) is 5.91 Å². The number of carbonyl (C=O) groups excluding carboxylic acids is 1. The Kier molecular flexibility index (Phi) is 6.12. The van der Waals surface area contributed by atoms with Crippen LogP contribution in [0.4, 0.5) is 0 Å². The number of aryl methyl sites for hydroxylation is 2. The van der Waals surface area contributed by atoms with Gasteiger partial charge in [-0.2, -0.15) is 0 Å². The lowest BCUT2D eigenvalue weighted by atomic mass is 10.1. The maximum atomic E-state index is 11.1. The zero-order valence-electron chi connectivity index (χ0n) is 11.4. The molecule has 0 bridgehead atoms. The molecular weight excluding hydrogens is 298 g/mol. The summed E-state index contributed by atoms with van der Waals surface area (Å²) in [5.74, 6) is -0.349. The summed E-state index contributed by atoms with van der Waals surface area (Å²) in [5.41, 5.74) is 7.06. The number of nitrogens with two attached hydrogens (primary N) is 1. The van der Waals surface area contributed by atoms with Gasteiger partial charge in [0.05, 0.1) is 28.8 Å². The molecule has 110 valence electrons. The van der Waals surface area contributed by atoms with Crippen LogP contribution >= 0.6 is 23.7 Å². The molecule has 8 heteroatoms. The van der Waals surface area contributed by atoms with Crippen LogP contribution in [0.5, 0.6) is 0 Å². The molecule has 0 aliphatic rings. The third-order valence-electron chi connectivity index (χ3n) is 2.68. The van der Waals surface area contributed by atoms with E-state index in [2.05, 4.69) is 15.3 Å². The molecule has 0 aliphatic heterocycles. The minimum absolute atomic E-state index is 0. The molecule has 1 unspecified atom stereocenters. The Morgan fingerprint density at radius 2 is 2.35 bits per heavy atom. The topological polar surface area (TPSA) is 85.8 Å². The average Bonchev–Trinajstić information content (AvgIpc) is 2.93. The van der Waals surface area contributed by atoms with Crippen LogP contribution in [0.3, 0.4) is 0 Å². The lowest BCUT2D eigenvalue weighted by Crippen LogP contribution is -2.26. The summed E-state index contributed by atoms with van der Waals surface area (Å²) >= 11 is 1.61. The molecule has 3 N–H and O–H groups in total. The third-order valence-corrected chi connectivity index (χ3v) is 3.51. The molecule has 2 aromatic heterocycles. The van der Waals surface area contributed by atoms with Crippen LogP contribution in [0, 0.1) is 6.92 Å². The van der Waals surface area contributed by atoms with Gasteiger partial charge in [-0.05, 0) is 6.92 Å². The lowest BCUT2D eigenvalue weighted by molar-refractivity contribution is -0.118. The number of hydrogen-bond donors (Lipinski definition) is 2. The highest BCUT2D eigenvalue weighted by Gasteiger charge is 2.16. The first-order chi connectivity index (χ1) is 9.04. The van der Waals surface area contributed by atoms with E-state index in [1.165, 1.54) is 0 Å². The number of rotatable bonds is 6. The number of primary amides is 1. The van der Waals surface area contributed by atoms with Gasteiger partial charge in [0.1, 0.15) is 0 Å². The number of carbonyl (C=O) groups is 1. The Hall–Kier alpha value is -1.44. The van der Waals surface area contributed by atoms with Crippen molar-refractivity contribution in [2.45, 2.75) is 25.9 Å². The van der Waals surface area contributed by atoms with Crippen molar-refractivity contribution in [1.29, 1.82) is 0 Å². The van der Waals surface area contributed by atoms with Gasteiger partial charge in [-0.1, -0.05) is 0 Å². The van der Waals surface area contributed by atoms with Crippen molar-refractivity contribution >= 4 is 29.7 Å². The summed E-state index contributed by atoms with van der Waals surface area (Å²) < 4.78 is 1.85. The summed E-state index contributed by atoms with van der Waals surface area (Å²) in [6, 6.07) is -0.180. The third kappa shape index (κ3) is 4.59. The molecule has 1 atom stereocenters. The van der Waals surface area contributed by atoms with Crippen molar-refractivity contribution < 1.29 is 4.79 Å². The van der Waals surface area contributed by atoms with Crippen molar-refractivity contribution in [1.82, 2.24) is 19.9 Å². The van der Waals surface area contributed by atoms with Crippen LogP contribution in [0.1, 0.15) is 28.9 Å². The van der Waals surface area contributed by atoms with E-state index in [4.69, 9.17) is 5.73 Å². The number of hydrogen-bond acceptors (Lipinski definition) is 5. The maximum absolute atomic E-state index is 11.1. The summed E-state index contributed by atoms with van der Waals surface area (Å²) in [7, 11) is 1.89. The molecule has 6 nitrogen and oxygen atoms in total. The van der Waals surface area contributed by atoms with E-state index in [1.807, 2.05) is 30.1 Å². The monoisotopic (exact) mass is 315 g/mol. The van der Waals surface area contributed by atoms with Crippen molar-refractivity contribution in [3.05, 3.63) is 34.3 Å². The molecule has 2 aromatic rings. The Bertz CT molecular complexity index is 568. The largest absolute Gasteiger partial charge is 0.370 e. The number of aromatic nitrogens is 3. The fourth-order valence-corrected chi connectivity index (χ4v) is 2.43. The van der Waals surface area contributed by atoms with E-state index in [0.29, 0.717) is 6.54 Å². The molecule has 1 amide bonds. The predicted molar refractivity (Wildman–Crippen MR) is 80.7 cm³/mol. The van der Waals surface area contributed by atoms with E-state index in [1.54, 1.807) is 17.7 Å². The summed E-state index contributed by atoms with van der Waals surface area (Å²) in [4.78, 5) is 19.8. The van der Waals surface area contributed by atoms with Crippen LogP contribution in [0.15, 0.2) is 17.9 Å². The number of thiazole rings is 1. The van der Waals surface area contributed by atoms with Gasteiger partial charge in [-0.3, -0.25) is 4.79 Å². The summed E-state index contributed by atoms with van der Waals surface area (Å²) in [6.45, 7) is 2.56. The first-order valence-corrected chi connectivity index (χ1v) is 6.83. The number of halogens is 1. The lowest BCUT2D eigenvalue weighted by Gasteiger charge is -2.14. The zero-order chi connectivity index (χ0) is 13.8. The zero-order valence-corrected chi connectivity index (χ0v) is 13.0. The molecule has 0 saturated carbocycles. The molecule has 0 spiro atoms. The highest BCUT2D eigenvalue weighted by molar-refractivity contribution is 7.09. The van der Waals surface area contributed by atoms with Crippen molar-refractivity contribution in [2.24, 2.45) is 12.8 Å². The summed E-state index contributed by atoms with van der Waals surface area (Å²) in [5, 5.41) is 6.31. The highest BCUT2D eigenvalue weighted by atomic mass is 35.5. The first kappa shape index (κ1) is 16.6. The van der Waals surface area contributed by atoms with Gasteiger partial charge >= 0.3 is 0 Å². The standard InChI is InChI=1S/C12H17N5OS.ClH/c1-8-16-9(6-19-8)4-14-10(3-12(13)18)11-5-17(2)7-15-11;/h5-7,10,14H,3-4H2,1-2H3,(H2,13,18);1H. The predicted octanol–water partition coefficient (Wildman–Crippen LogP) is 1.31. The second-order valence-electron chi connectivity index (χ2n) is 4.43. The van der Waals surface area contributed by atoms with Crippen LogP contribution < -0.4 is 11.1 Å². The van der Waals surface area contributed by atoms with Crippen molar-refractivity contribution in [2.75, 3.05) is 0 Å². The van der Waals surface area contributed by atoms with Gasteiger partial charge in [-0.15, -0.1) is 23.7 Å². The molecule has 0 fully saturated rings. The number of imidazole rings is 1. The normalized spacial score (nSPS) is 11.9. The van der Waals surface area contributed by atoms with E-state index in [-0.39, 0.29) is 30.8 Å². The maximum Gasteiger partial charge on any atom is 0.219 e. The SMILES string of the molecule is Cc1nc(CNC(CC(N)=O)c2cn(C)cn2)cs1.Cl. The van der Waals surface area contributed by atoms with Crippen molar-refractivity contribution in [3.63, 3.8) is 0 Å². The highest BCUT2D eigenvalue weighted by Crippen LogP contribution is 2.16. The number of amides is 1. The van der Waals surface area contributed by atoms with Gasteiger partial charge in [0.15, 0.2) is 0 Å². The fourth-order valence-electron chi connectivity index (χ4n) is 1.81. The molecule has 0 radical (unpaired) electrons. The Labute approximate surface area is 127 Å². The van der Waals surface area contributed by atoms with E-state index >= 15 is 0 Å². The summed E-state index contributed by atoms with van der Waals surface area (Å²) in [6.07, 6.45) is 3.81. The van der Waals surface area contributed by atoms with Gasteiger partial charge in [0, 0.05) is 31.6 Å². The molecular formula is C12H18ClN5OS. The second kappa shape index (κ2) is 7.37. The average molecular weight is 316 g/mol. The molecule has 0 saturated heterocycles. The van der Waals surface area contributed by atoms with Gasteiger partial charge in [0.25, 0.3) is 0 Å². The van der Waals surface area contributed by atoms with Crippen LogP contribution in [0.2, 0.25) is 0 Å².